The summed E-state index contributed by atoms with van der Waals surface area (Å²) in [5.74, 6) is 0.150. The zero-order chi connectivity index (χ0) is 51.5. The molecular weight excluding hydrogens is 1030 g/mol. The Morgan fingerprint density at radius 1 is 0.843 bits per heavy atom. The molecule has 4 N–H and O–H groups in total. The van der Waals surface area contributed by atoms with Crippen LogP contribution in [0.3, 0.4) is 0 Å². The standard InChI is InChI=1S/C27H51N5O9.C11H20ClN4O5P.3C2H6.Y/c1-2-9-34-12-15-37-18-19-39-17-14-36-11-8-32-24-26(29-30-32)25-41-23-22-40-21-20-38-16-13-35-10-3-27(33)31-6-4-28-5-7-31;1-13-4-9(5-14-12)6-15-16-11-3-2-10(21-11)7-20-8-22(17,18)19;3*1-2;/h24,28H,2-23,25H2,1H3;5-6,10-11,16H,2-4,7-8H2,1H3,(H2,17,18,19);3*1-2H3;/q;-2;;;;/b;9-5+,15-6-;;;;. The van der Waals surface area contributed by atoms with Gasteiger partial charge in [0.05, 0.1) is 131 Å². The predicted molar refractivity (Wildman–Crippen MR) is 268 cm³/mol. The molecule has 0 aliphatic carbocycles. The molecule has 1 amide bonds. The number of rotatable bonds is 38. The van der Waals surface area contributed by atoms with Crippen LogP contribution in [0.5, 0.6) is 0 Å². The Morgan fingerprint density at radius 2 is 1.37 bits per heavy atom. The van der Waals surface area contributed by atoms with Crippen molar-refractivity contribution in [3.05, 3.63) is 33.8 Å². The van der Waals surface area contributed by atoms with Gasteiger partial charge in [0.15, 0.2) is 0 Å². The van der Waals surface area contributed by atoms with Crippen molar-refractivity contribution in [2.45, 2.75) is 99.6 Å². The first-order chi connectivity index (χ1) is 33.7. The summed E-state index contributed by atoms with van der Waals surface area (Å²) in [5, 5.41) is 19.4. The number of ether oxygens (including phenoxy) is 10. The topological polar surface area (TPSA) is 265 Å². The Bertz CT molecular complexity index is 1380. The van der Waals surface area contributed by atoms with Crippen LogP contribution in [0.4, 0.5) is 0 Å². The van der Waals surface area contributed by atoms with E-state index in [1.807, 2.05) is 52.6 Å². The second-order valence-corrected chi connectivity index (χ2v) is 15.6. The molecule has 2 saturated heterocycles. The third-order valence-electron chi connectivity index (χ3n) is 8.49. The second-order valence-electron chi connectivity index (χ2n) is 13.8. The largest absolute Gasteiger partial charge is 0.661 e. The Labute approximate surface area is 449 Å². The van der Waals surface area contributed by atoms with Crippen LogP contribution in [-0.4, -0.2) is 206 Å². The van der Waals surface area contributed by atoms with E-state index < -0.39 is 13.9 Å². The van der Waals surface area contributed by atoms with Crippen LogP contribution in [0.25, 0.3) is 10.2 Å². The number of carbonyl (C=O) groups is 1. The molecule has 2 aliphatic rings. The van der Waals surface area contributed by atoms with Gasteiger partial charge in [-0.05, 0) is 19.3 Å². The predicted octanol–water partition coefficient (Wildman–Crippen LogP) is 4.85. The van der Waals surface area contributed by atoms with Gasteiger partial charge in [-0.15, -0.1) is 11.6 Å². The van der Waals surface area contributed by atoms with E-state index in [-0.39, 0.29) is 57.6 Å². The van der Waals surface area contributed by atoms with Gasteiger partial charge in [0, 0.05) is 71.7 Å². The second kappa shape index (κ2) is 55.4. The zero-order valence-electron chi connectivity index (χ0n) is 43.5. The van der Waals surface area contributed by atoms with Crippen LogP contribution < -0.4 is 10.7 Å². The average molecular weight is 1120 g/mol. The minimum absolute atomic E-state index is 0. The van der Waals surface area contributed by atoms with Crippen molar-refractivity contribution in [2.75, 3.05) is 152 Å². The molecular formula is C44H89ClN9O14PY-2. The van der Waals surface area contributed by atoms with Gasteiger partial charge in [-0.1, -0.05) is 59.3 Å². The number of nitrogens with one attached hydrogen (secondary N) is 2. The van der Waals surface area contributed by atoms with Gasteiger partial charge in [0.25, 0.3) is 0 Å². The van der Waals surface area contributed by atoms with Crippen LogP contribution in [0, 0.1) is 0 Å². The van der Waals surface area contributed by atoms with Gasteiger partial charge >= 0.3 is 7.60 Å². The van der Waals surface area contributed by atoms with Gasteiger partial charge < -0.3 is 77.5 Å². The van der Waals surface area contributed by atoms with E-state index in [1.165, 1.54) is 6.20 Å². The molecule has 3 rings (SSSR count). The summed E-state index contributed by atoms with van der Waals surface area (Å²) in [6.07, 6.45) is 6.65. The third-order valence-corrected chi connectivity index (χ3v) is 9.10. The van der Waals surface area contributed by atoms with E-state index in [1.54, 1.807) is 17.9 Å². The van der Waals surface area contributed by atoms with E-state index in [0.29, 0.717) is 119 Å². The Kier molecular flexibility index (Phi) is 57.8. The quantitative estimate of drug-likeness (QED) is 0.0298. The molecule has 2 atom stereocenters. The summed E-state index contributed by atoms with van der Waals surface area (Å²) in [6, 6.07) is 0. The van der Waals surface area contributed by atoms with Gasteiger partial charge in [0.1, 0.15) is 18.3 Å². The average Bonchev–Trinajstić information content (AvgIpc) is 4.03. The monoisotopic (exact) mass is 1120 g/mol. The van der Waals surface area contributed by atoms with Crippen LogP contribution in [0.15, 0.2) is 23.1 Å². The minimum atomic E-state index is -4.13. The number of carbonyl (C=O) groups excluding carboxylic acids is 1. The van der Waals surface area contributed by atoms with E-state index in [2.05, 4.69) is 43.2 Å². The summed E-state index contributed by atoms with van der Waals surface area (Å²) >= 11 is 5.27. The fourth-order valence-corrected chi connectivity index (χ4v) is 5.90. The molecule has 1 radical (unpaired) electrons. The summed E-state index contributed by atoms with van der Waals surface area (Å²) in [7, 11) is -2.46. The number of piperazine rings is 1. The minimum Gasteiger partial charge on any atom is -0.661 e. The van der Waals surface area contributed by atoms with Crippen molar-refractivity contribution in [3.63, 3.8) is 0 Å². The smallest absolute Gasteiger partial charge is 0.350 e. The molecule has 26 heteroatoms. The van der Waals surface area contributed by atoms with Crippen molar-refractivity contribution < 1.29 is 99.2 Å². The Balaban J connectivity index is -0.00000131. The van der Waals surface area contributed by atoms with Crippen LogP contribution in [0.2, 0.25) is 0 Å². The maximum atomic E-state index is 12.0. The molecule has 2 unspecified atom stereocenters. The van der Waals surface area contributed by atoms with E-state index in [4.69, 9.17) is 68.9 Å². The molecule has 0 saturated carbocycles. The van der Waals surface area contributed by atoms with Crippen LogP contribution >= 0.6 is 19.4 Å². The van der Waals surface area contributed by atoms with Crippen molar-refractivity contribution in [1.29, 1.82) is 0 Å². The Morgan fingerprint density at radius 3 is 1.90 bits per heavy atom. The SMILES string of the molecule is CC.CC.CC.CCCOCCOCCOCCOCCn1cc(COCCOCCOCCOCCC(=O)N2CCNCC2)nn1.C[N-]CC(/C=N\NC1CCC(COCP(=O)(O)O)O1)=C\[N-]Cl.[Y]. The maximum Gasteiger partial charge on any atom is 0.350 e. The fourth-order valence-electron chi connectivity index (χ4n) is 5.44. The molecule has 1 aromatic heterocycles. The zero-order valence-corrected chi connectivity index (χ0v) is 48.0. The molecule has 23 nitrogen and oxygen atoms in total. The number of likely N-dealkylation sites (N-methyl/N-ethyl adjacent to an activating group) is 1. The maximum absolute atomic E-state index is 12.0. The molecule has 0 spiro atoms. The van der Waals surface area contributed by atoms with Gasteiger partial charge in [-0.3, -0.25) is 14.8 Å². The van der Waals surface area contributed by atoms with Crippen molar-refractivity contribution >= 4 is 31.5 Å². The molecule has 1 aromatic rings. The number of nitrogens with zero attached hydrogens (tertiary/aromatic N) is 7. The summed E-state index contributed by atoms with van der Waals surface area (Å²) in [4.78, 5) is 34.7. The first kappa shape index (κ1) is 72.9. The molecule has 3 heterocycles. The van der Waals surface area contributed by atoms with Crippen molar-refractivity contribution in [1.82, 2.24) is 30.6 Å². The fraction of sp³-hybridized carbons (Fsp3) is 0.864. The molecule has 70 heavy (non-hydrogen) atoms. The first-order valence-corrected chi connectivity index (χ1v) is 26.5. The van der Waals surface area contributed by atoms with Crippen molar-refractivity contribution in [3.8, 4) is 0 Å². The first-order valence-electron chi connectivity index (χ1n) is 24.4. The molecule has 2 fully saturated rings. The molecule has 0 aromatic carbocycles. The number of halogens is 1. The number of amides is 1. The number of aromatic nitrogens is 3. The Hall–Kier alpha value is -1.32. The van der Waals surface area contributed by atoms with E-state index in [9.17, 15) is 9.36 Å². The normalized spacial score (nSPS) is 15.6. The van der Waals surface area contributed by atoms with E-state index in [0.717, 1.165) is 63.3 Å². The van der Waals surface area contributed by atoms with Gasteiger partial charge in [-0.25, -0.2) is 16.5 Å². The van der Waals surface area contributed by atoms with Gasteiger partial charge in [0.2, 0.25) is 5.91 Å². The van der Waals surface area contributed by atoms with Crippen LogP contribution in [-0.2, 0) is 103 Å². The third kappa shape index (κ3) is 46.5. The van der Waals surface area contributed by atoms with Crippen LogP contribution in [0.1, 0.15) is 79.8 Å². The van der Waals surface area contributed by atoms with Gasteiger partial charge in [-0.2, -0.15) is 18.3 Å². The van der Waals surface area contributed by atoms with Crippen molar-refractivity contribution in [2.24, 2.45) is 5.10 Å². The van der Waals surface area contributed by atoms with E-state index >= 15 is 0 Å². The molecule has 2 aliphatic heterocycles. The number of hydrogen-bond donors (Lipinski definition) is 4. The summed E-state index contributed by atoms with van der Waals surface area (Å²) < 4.78 is 66.8. The molecule has 411 valence electrons. The number of hydrazone groups is 1. The number of hydrogen-bond acceptors (Lipinski definition) is 17. The summed E-state index contributed by atoms with van der Waals surface area (Å²) in [6.45, 7) is 26.8. The molecule has 0 bridgehead atoms. The summed E-state index contributed by atoms with van der Waals surface area (Å²) in [5.41, 5.74) is 4.33.